The number of fused-ring (bicyclic) bond motifs is 1. The van der Waals surface area contributed by atoms with Crippen molar-refractivity contribution in [2.45, 2.75) is 6.54 Å². The number of halogens is 1. The number of pyridine rings is 1. The Bertz CT molecular complexity index is 1040. The molecule has 0 radical (unpaired) electrons. The first-order valence-corrected chi connectivity index (χ1v) is 8.92. The summed E-state index contributed by atoms with van der Waals surface area (Å²) in [5.74, 6) is 0.736. The molecule has 10 heteroatoms. The molecule has 1 aliphatic heterocycles. The van der Waals surface area contributed by atoms with E-state index in [1.807, 2.05) is 6.07 Å². The van der Waals surface area contributed by atoms with E-state index in [2.05, 4.69) is 20.0 Å². The van der Waals surface area contributed by atoms with Crippen LogP contribution in [0.1, 0.15) is 0 Å². The van der Waals surface area contributed by atoms with Crippen LogP contribution in [0.15, 0.2) is 35.6 Å². The Labute approximate surface area is 159 Å². The summed E-state index contributed by atoms with van der Waals surface area (Å²) >= 11 is 5.87. The fraction of sp³-hybridized carbons (Fsp3) is 0.353. The number of piperazine rings is 1. The molecule has 4 heterocycles. The summed E-state index contributed by atoms with van der Waals surface area (Å²) in [5, 5.41) is 5.04. The molecule has 0 spiro atoms. The average Bonchev–Trinajstić information content (AvgIpc) is 3.06. The van der Waals surface area contributed by atoms with Gasteiger partial charge in [-0.2, -0.15) is 5.10 Å². The molecule has 0 aliphatic carbocycles. The number of anilines is 1. The number of aromatic nitrogens is 5. The summed E-state index contributed by atoms with van der Waals surface area (Å²) in [6, 6.07) is 3.67. The van der Waals surface area contributed by atoms with Crippen molar-refractivity contribution in [2.75, 3.05) is 31.1 Å². The second-order valence-corrected chi connectivity index (χ2v) is 6.82. The fourth-order valence-electron chi connectivity index (χ4n) is 3.16. The molecular formula is C17H18ClN7O2. The fourth-order valence-corrected chi connectivity index (χ4v) is 3.28. The average molecular weight is 388 g/mol. The summed E-state index contributed by atoms with van der Waals surface area (Å²) in [6.45, 7) is 2.46. The van der Waals surface area contributed by atoms with Gasteiger partial charge in [0.1, 0.15) is 24.1 Å². The maximum absolute atomic E-state index is 12.6. The summed E-state index contributed by atoms with van der Waals surface area (Å²) in [7, 11) is 1.72. The highest BCUT2D eigenvalue weighted by Gasteiger charge is 2.22. The van der Waals surface area contributed by atoms with Crippen molar-refractivity contribution in [2.24, 2.45) is 7.05 Å². The van der Waals surface area contributed by atoms with Gasteiger partial charge in [-0.15, -0.1) is 0 Å². The van der Waals surface area contributed by atoms with Gasteiger partial charge in [0, 0.05) is 39.4 Å². The zero-order valence-electron chi connectivity index (χ0n) is 14.7. The number of carbonyl (C=O) groups is 1. The smallest absolute Gasteiger partial charge is 0.264 e. The summed E-state index contributed by atoms with van der Waals surface area (Å²) in [5.41, 5.74) is 0.248. The van der Waals surface area contributed by atoms with Crippen LogP contribution in [-0.4, -0.2) is 61.3 Å². The number of rotatable bonds is 3. The summed E-state index contributed by atoms with van der Waals surface area (Å²) in [6.07, 6.45) is 4.49. The van der Waals surface area contributed by atoms with Gasteiger partial charge in [-0.3, -0.25) is 18.8 Å². The van der Waals surface area contributed by atoms with E-state index in [0.29, 0.717) is 42.2 Å². The molecule has 0 saturated carbocycles. The van der Waals surface area contributed by atoms with Gasteiger partial charge in [-0.25, -0.2) is 9.97 Å². The third-order valence-electron chi connectivity index (χ3n) is 4.69. The monoisotopic (exact) mass is 387 g/mol. The van der Waals surface area contributed by atoms with Crippen molar-refractivity contribution in [1.82, 2.24) is 29.2 Å². The Morgan fingerprint density at radius 2 is 1.93 bits per heavy atom. The van der Waals surface area contributed by atoms with Crippen molar-refractivity contribution < 1.29 is 4.79 Å². The summed E-state index contributed by atoms with van der Waals surface area (Å²) in [4.78, 5) is 37.5. The van der Waals surface area contributed by atoms with E-state index in [9.17, 15) is 9.59 Å². The topological polar surface area (TPSA) is 89.2 Å². The maximum atomic E-state index is 12.6. The number of hydrogen-bond acceptors (Lipinski definition) is 6. The normalized spacial score (nSPS) is 14.7. The molecule has 3 aromatic heterocycles. The second-order valence-electron chi connectivity index (χ2n) is 6.39. The predicted molar refractivity (Wildman–Crippen MR) is 101 cm³/mol. The molecule has 4 rings (SSSR count). The van der Waals surface area contributed by atoms with Crippen molar-refractivity contribution in [3.8, 4) is 0 Å². The van der Waals surface area contributed by atoms with Crippen molar-refractivity contribution in [3.63, 3.8) is 0 Å². The number of amides is 1. The zero-order valence-corrected chi connectivity index (χ0v) is 15.5. The third-order valence-corrected chi connectivity index (χ3v) is 4.92. The maximum Gasteiger partial charge on any atom is 0.264 e. The van der Waals surface area contributed by atoms with Crippen LogP contribution < -0.4 is 10.5 Å². The van der Waals surface area contributed by atoms with Crippen molar-refractivity contribution in [1.29, 1.82) is 0 Å². The minimum absolute atomic E-state index is 0.0319. The first kappa shape index (κ1) is 17.5. The van der Waals surface area contributed by atoms with Crippen molar-refractivity contribution in [3.05, 3.63) is 46.2 Å². The summed E-state index contributed by atoms with van der Waals surface area (Å²) < 4.78 is 2.87. The Kier molecular flexibility index (Phi) is 4.53. The molecule has 0 N–H and O–H groups in total. The molecule has 27 heavy (non-hydrogen) atoms. The van der Waals surface area contributed by atoms with Gasteiger partial charge in [0.25, 0.3) is 5.56 Å². The van der Waals surface area contributed by atoms with Gasteiger partial charge in [-0.05, 0) is 12.1 Å². The lowest BCUT2D eigenvalue weighted by molar-refractivity contribution is -0.132. The highest BCUT2D eigenvalue weighted by Crippen LogP contribution is 2.16. The minimum Gasteiger partial charge on any atom is -0.353 e. The molecule has 3 aromatic rings. The SMILES string of the molecule is Cn1ncc2c(=O)n(CC(=O)N3CCN(c4ccc(Cl)cn4)CC3)cnc21. The highest BCUT2D eigenvalue weighted by atomic mass is 35.5. The van der Waals surface area contributed by atoms with Crippen LogP contribution >= 0.6 is 11.6 Å². The van der Waals surface area contributed by atoms with Crippen LogP contribution in [0.3, 0.4) is 0 Å². The van der Waals surface area contributed by atoms with Gasteiger partial charge < -0.3 is 9.80 Å². The van der Waals surface area contributed by atoms with Gasteiger partial charge in [0.05, 0.1) is 11.2 Å². The second kappa shape index (κ2) is 6.99. The molecule has 0 aromatic carbocycles. The van der Waals surface area contributed by atoms with Gasteiger partial charge >= 0.3 is 0 Å². The Balaban J connectivity index is 1.42. The molecule has 1 aliphatic rings. The molecular weight excluding hydrogens is 370 g/mol. The number of aryl methyl sites for hydroxylation is 1. The van der Waals surface area contributed by atoms with Gasteiger partial charge in [0.2, 0.25) is 5.91 Å². The Morgan fingerprint density at radius 1 is 1.15 bits per heavy atom. The van der Waals surface area contributed by atoms with Crippen molar-refractivity contribution >= 4 is 34.4 Å². The largest absolute Gasteiger partial charge is 0.353 e. The van der Waals surface area contributed by atoms with Gasteiger partial charge in [0.15, 0.2) is 5.65 Å². The van der Waals surface area contributed by atoms with Crippen LogP contribution in [0.25, 0.3) is 11.0 Å². The number of hydrogen-bond donors (Lipinski definition) is 0. The molecule has 9 nitrogen and oxygen atoms in total. The molecule has 1 amide bonds. The van der Waals surface area contributed by atoms with E-state index in [1.54, 1.807) is 24.2 Å². The predicted octanol–water partition coefficient (Wildman–Crippen LogP) is 0.527. The first-order valence-electron chi connectivity index (χ1n) is 8.54. The van der Waals surface area contributed by atoms with Crippen LogP contribution in [0.2, 0.25) is 5.02 Å². The molecule has 1 fully saturated rings. The number of carbonyl (C=O) groups excluding carboxylic acids is 1. The molecule has 0 bridgehead atoms. The highest BCUT2D eigenvalue weighted by molar-refractivity contribution is 6.30. The molecule has 0 atom stereocenters. The van der Waals surface area contributed by atoms with Crippen LogP contribution in [-0.2, 0) is 18.4 Å². The lowest BCUT2D eigenvalue weighted by Crippen LogP contribution is -2.50. The minimum atomic E-state index is -0.259. The zero-order chi connectivity index (χ0) is 19.0. The Hall–Kier alpha value is -2.94. The van der Waals surface area contributed by atoms with Crippen LogP contribution in [0.5, 0.6) is 0 Å². The van der Waals surface area contributed by atoms with Crippen LogP contribution in [0, 0.1) is 0 Å². The number of nitrogens with zero attached hydrogens (tertiary/aromatic N) is 7. The lowest BCUT2D eigenvalue weighted by atomic mass is 10.3. The molecule has 0 unspecified atom stereocenters. The molecule has 1 saturated heterocycles. The molecule has 140 valence electrons. The van der Waals surface area contributed by atoms with E-state index >= 15 is 0 Å². The third kappa shape index (κ3) is 3.37. The van der Waals surface area contributed by atoms with Gasteiger partial charge in [-0.1, -0.05) is 11.6 Å². The lowest BCUT2D eigenvalue weighted by Gasteiger charge is -2.35. The van der Waals surface area contributed by atoms with E-state index in [1.165, 1.54) is 21.8 Å². The van der Waals surface area contributed by atoms with Crippen LogP contribution in [0.4, 0.5) is 5.82 Å². The van der Waals surface area contributed by atoms with E-state index in [0.717, 1.165) is 5.82 Å². The quantitative estimate of drug-likeness (QED) is 0.651. The van der Waals surface area contributed by atoms with E-state index < -0.39 is 0 Å². The van der Waals surface area contributed by atoms with E-state index in [-0.39, 0.29) is 18.0 Å². The first-order chi connectivity index (χ1) is 13.0. The van der Waals surface area contributed by atoms with E-state index in [4.69, 9.17) is 11.6 Å². The standard InChI is InChI=1S/C17H18ClN7O2/c1-22-16-13(9-21-22)17(27)25(11-20-16)10-15(26)24-6-4-23(5-7-24)14-3-2-12(18)8-19-14/h2-3,8-9,11H,4-7,10H2,1H3. The Morgan fingerprint density at radius 3 is 2.63 bits per heavy atom.